The first-order valence-electron chi connectivity index (χ1n) is 7.23. The first-order chi connectivity index (χ1) is 11.3. The lowest BCUT2D eigenvalue weighted by Gasteiger charge is -2.32. The molecule has 1 aliphatic rings. The number of aromatic amines is 1. The number of H-pyrrole nitrogens is 1. The Hall–Kier alpha value is -2.30. The molecule has 3 N–H and O–H groups in total. The number of carbonyl (C=O) groups excluding carboxylic acids is 1. The summed E-state index contributed by atoms with van der Waals surface area (Å²) in [7, 11) is -3.73. The van der Waals surface area contributed by atoms with Gasteiger partial charge in [0, 0.05) is 31.7 Å². The van der Waals surface area contributed by atoms with Crippen molar-refractivity contribution in [1.82, 2.24) is 19.4 Å². The van der Waals surface area contributed by atoms with Gasteiger partial charge < -0.3 is 4.90 Å². The summed E-state index contributed by atoms with van der Waals surface area (Å²) in [6.07, 6.45) is 0. The Morgan fingerprint density at radius 1 is 1.17 bits per heavy atom. The minimum atomic E-state index is -3.73. The highest BCUT2D eigenvalue weighted by atomic mass is 32.2. The Bertz CT molecular complexity index is 842. The van der Waals surface area contributed by atoms with Gasteiger partial charge in [-0.05, 0) is 30.3 Å². The van der Waals surface area contributed by atoms with Gasteiger partial charge in [-0.2, -0.15) is 17.8 Å². The number of aromatic nitrogens is 2. The highest BCUT2D eigenvalue weighted by Crippen LogP contribution is 2.19. The molecule has 1 fully saturated rings. The van der Waals surface area contributed by atoms with Gasteiger partial charge in [-0.1, -0.05) is 0 Å². The zero-order valence-corrected chi connectivity index (χ0v) is 13.5. The van der Waals surface area contributed by atoms with E-state index in [0.717, 1.165) is 4.31 Å². The lowest BCUT2D eigenvalue weighted by Crippen LogP contribution is -2.52. The van der Waals surface area contributed by atoms with Gasteiger partial charge in [0.05, 0.1) is 5.69 Å². The molecule has 24 heavy (non-hydrogen) atoms. The molecule has 10 heteroatoms. The van der Waals surface area contributed by atoms with E-state index in [1.54, 1.807) is 18.2 Å². The van der Waals surface area contributed by atoms with E-state index in [0.29, 0.717) is 17.0 Å². The second-order valence-electron chi connectivity index (χ2n) is 5.41. The van der Waals surface area contributed by atoms with Gasteiger partial charge in [-0.25, -0.2) is 9.53 Å². The van der Waals surface area contributed by atoms with E-state index in [1.807, 2.05) is 0 Å². The van der Waals surface area contributed by atoms with Gasteiger partial charge in [-0.15, -0.1) is 0 Å². The van der Waals surface area contributed by atoms with E-state index in [4.69, 9.17) is 5.14 Å². The number of rotatable bonds is 3. The fourth-order valence-electron chi connectivity index (χ4n) is 2.52. The zero-order chi connectivity index (χ0) is 17.3. The average molecular weight is 353 g/mol. The molecule has 0 aliphatic carbocycles. The van der Waals surface area contributed by atoms with Crippen molar-refractivity contribution in [2.75, 3.05) is 26.2 Å². The third kappa shape index (κ3) is 3.45. The molecular weight excluding hydrogens is 337 g/mol. The van der Waals surface area contributed by atoms with Crippen LogP contribution >= 0.6 is 0 Å². The topological polar surface area (TPSA) is 112 Å². The normalized spacial score (nSPS) is 16.3. The second kappa shape index (κ2) is 6.30. The summed E-state index contributed by atoms with van der Waals surface area (Å²) in [4.78, 5) is 14.0. The maximum atomic E-state index is 12.9. The van der Waals surface area contributed by atoms with E-state index >= 15 is 0 Å². The van der Waals surface area contributed by atoms with E-state index in [1.165, 1.54) is 17.0 Å². The monoisotopic (exact) mass is 353 g/mol. The lowest BCUT2D eigenvalue weighted by atomic mass is 10.1. The Balaban J connectivity index is 1.70. The number of benzene rings is 1. The molecule has 1 aromatic heterocycles. The molecule has 2 heterocycles. The maximum Gasteiger partial charge on any atom is 0.277 e. The number of amides is 1. The molecular formula is C14H16FN5O3S. The first-order valence-corrected chi connectivity index (χ1v) is 8.73. The van der Waals surface area contributed by atoms with Crippen LogP contribution in [0, 0.1) is 5.82 Å². The van der Waals surface area contributed by atoms with E-state index in [9.17, 15) is 17.6 Å². The van der Waals surface area contributed by atoms with Crippen LogP contribution in [-0.2, 0) is 10.2 Å². The molecule has 2 aromatic rings. The Morgan fingerprint density at radius 2 is 1.79 bits per heavy atom. The number of nitrogens with two attached hydrogens (primary N) is 1. The standard InChI is InChI=1S/C14H16FN5O3S/c15-11-3-1-10(2-4-11)12-9-13(18-17-12)14(21)19-5-7-20(8-6-19)24(16,22)23/h1-4,9H,5-8H2,(H,17,18)(H2,16,22,23). The van der Waals surface area contributed by atoms with Gasteiger partial charge in [0.1, 0.15) is 11.5 Å². The number of carbonyl (C=O) groups is 1. The second-order valence-corrected chi connectivity index (χ2v) is 6.96. The molecule has 1 aliphatic heterocycles. The largest absolute Gasteiger partial charge is 0.335 e. The fourth-order valence-corrected chi connectivity index (χ4v) is 3.19. The van der Waals surface area contributed by atoms with Crippen LogP contribution in [0.5, 0.6) is 0 Å². The van der Waals surface area contributed by atoms with Gasteiger partial charge in [0.2, 0.25) is 0 Å². The van der Waals surface area contributed by atoms with Crippen molar-refractivity contribution in [3.8, 4) is 11.3 Å². The molecule has 1 amide bonds. The molecule has 1 aromatic carbocycles. The summed E-state index contributed by atoms with van der Waals surface area (Å²) in [5.41, 5.74) is 1.51. The van der Waals surface area contributed by atoms with Crippen LogP contribution in [0.4, 0.5) is 4.39 Å². The number of halogens is 1. The minimum absolute atomic E-state index is 0.156. The average Bonchev–Trinajstić information content (AvgIpc) is 3.04. The van der Waals surface area contributed by atoms with Gasteiger partial charge in [0.25, 0.3) is 16.1 Å². The van der Waals surface area contributed by atoms with E-state index < -0.39 is 10.2 Å². The fraction of sp³-hybridized carbons (Fsp3) is 0.286. The summed E-state index contributed by atoms with van der Waals surface area (Å²) in [6, 6.07) is 7.37. The van der Waals surface area contributed by atoms with Crippen LogP contribution in [0.3, 0.4) is 0 Å². The third-order valence-electron chi connectivity index (χ3n) is 3.83. The SMILES string of the molecule is NS(=O)(=O)N1CCN(C(=O)c2cc(-c3ccc(F)cc3)n[nH]2)CC1. The number of piperazine rings is 1. The van der Waals surface area contributed by atoms with Crippen LogP contribution < -0.4 is 5.14 Å². The molecule has 128 valence electrons. The quantitative estimate of drug-likeness (QED) is 0.819. The third-order valence-corrected chi connectivity index (χ3v) is 4.92. The molecule has 0 spiro atoms. The predicted molar refractivity (Wildman–Crippen MR) is 84.6 cm³/mol. The maximum absolute atomic E-state index is 12.9. The molecule has 8 nitrogen and oxygen atoms in total. The highest BCUT2D eigenvalue weighted by molar-refractivity contribution is 7.86. The predicted octanol–water partition coefficient (Wildman–Crippen LogP) is 0.177. The summed E-state index contributed by atoms with van der Waals surface area (Å²) in [6.45, 7) is 0.813. The van der Waals surface area contributed by atoms with Crippen LogP contribution in [0.25, 0.3) is 11.3 Å². The Kier molecular flexibility index (Phi) is 4.35. The molecule has 0 atom stereocenters. The van der Waals surface area contributed by atoms with Crippen molar-refractivity contribution in [3.63, 3.8) is 0 Å². The van der Waals surface area contributed by atoms with Gasteiger partial charge in [0.15, 0.2) is 0 Å². The van der Waals surface area contributed by atoms with Crippen molar-refractivity contribution in [2.24, 2.45) is 5.14 Å². The number of nitrogens with zero attached hydrogens (tertiary/aromatic N) is 3. The smallest absolute Gasteiger partial charge is 0.277 e. The van der Waals surface area contributed by atoms with Crippen molar-refractivity contribution >= 4 is 16.1 Å². The van der Waals surface area contributed by atoms with Crippen LogP contribution in [0.15, 0.2) is 30.3 Å². The Morgan fingerprint density at radius 3 is 2.38 bits per heavy atom. The van der Waals surface area contributed by atoms with E-state index in [2.05, 4.69) is 10.2 Å². The van der Waals surface area contributed by atoms with E-state index in [-0.39, 0.29) is 37.9 Å². The summed E-state index contributed by atoms with van der Waals surface area (Å²) < 4.78 is 36.6. The minimum Gasteiger partial charge on any atom is -0.335 e. The summed E-state index contributed by atoms with van der Waals surface area (Å²) in [5.74, 6) is -0.622. The van der Waals surface area contributed by atoms with Crippen LogP contribution in [-0.4, -0.2) is 59.9 Å². The van der Waals surface area contributed by atoms with Crippen LogP contribution in [0.2, 0.25) is 0 Å². The van der Waals surface area contributed by atoms with Gasteiger partial charge >= 0.3 is 0 Å². The number of hydrogen-bond donors (Lipinski definition) is 2. The zero-order valence-electron chi connectivity index (χ0n) is 12.6. The highest BCUT2D eigenvalue weighted by Gasteiger charge is 2.27. The summed E-state index contributed by atoms with van der Waals surface area (Å²) >= 11 is 0. The summed E-state index contributed by atoms with van der Waals surface area (Å²) in [5, 5.41) is 11.8. The molecule has 0 bridgehead atoms. The molecule has 0 saturated carbocycles. The first kappa shape index (κ1) is 16.6. The van der Waals surface area contributed by atoms with Crippen molar-refractivity contribution < 1.29 is 17.6 Å². The molecule has 0 radical (unpaired) electrons. The number of hydrogen-bond acceptors (Lipinski definition) is 4. The van der Waals surface area contributed by atoms with Crippen molar-refractivity contribution in [1.29, 1.82) is 0 Å². The van der Waals surface area contributed by atoms with Crippen molar-refractivity contribution in [2.45, 2.75) is 0 Å². The van der Waals surface area contributed by atoms with Crippen molar-refractivity contribution in [3.05, 3.63) is 41.8 Å². The molecule has 1 saturated heterocycles. The number of nitrogens with one attached hydrogen (secondary N) is 1. The van der Waals surface area contributed by atoms with Gasteiger partial charge in [-0.3, -0.25) is 9.89 Å². The Labute approximate surface area is 138 Å². The lowest BCUT2D eigenvalue weighted by molar-refractivity contribution is 0.0692. The molecule has 0 unspecified atom stereocenters. The van der Waals surface area contributed by atoms with Crippen LogP contribution in [0.1, 0.15) is 10.5 Å². The molecule has 3 rings (SSSR count).